The van der Waals surface area contributed by atoms with E-state index in [2.05, 4.69) is 31.2 Å². The van der Waals surface area contributed by atoms with Crippen LogP contribution in [0, 0.1) is 0 Å². The van der Waals surface area contributed by atoms with Crippen LogP contribution in [0.2, 0.25) is 0 Å². The standard InChI is InChI=1S/C13H18N2O/c1-10-12(11-5-3-2-4-6-11)7-8-15(10)13(16)9-14/h2-6,10,12H,7-9,14H2,1H3. The number of likely N-dealkylation sites (tertiary alicyclic amines) is 1. The van der Waals surface area contributed by atoms with Crippen LogP contribution in [-0.2, 0) is 4.79 Å². The zero-order valence-corrected chi connectivity index (χ0v) is 9.60. The summed E-state index contributed by atoms with van der Waals surface area (Å²) in [6, 6.07) is 10.7. The number of carbonyl (C=O) groups excluding carboxylic acids is 1. The minimum Gasteiger partial charge on any atom is -0.338 e. The average molecular weight is 218 g/mol. The minimum absolute atomic E-state index is 0.0610. The number of rotatable bonds is 2. The fourth-order valence-corrected chi connectivity index (χ4v) is 2.55. The summed E-state index contributed by atoms with van der Waals surface area (Å²) in [5.41, 5.74) is 6.73. The van der Waals surface area contributed by atoms with E-state index >= 15 is 0 Å². The SMILES string of the molecule is CC1C(c2ccccc2)CCN1C(=O)CN. The van der Waals surface area contributed by atoms with Crippen molar-refractivity contribution in [1.29, 1.82) is 0 Å². The first-order valence-corrected chi connectivity index (χ1v) is 5.78. The number of hydrogen-bond acceptors (Lipinski definition) is 2. The van der Waals surface area contributed by atoms with Crippen LogP contribution in [-0.4, -0.2) is 29.9 Å². The van der Waals surface area contributed by atoms with Gasteiger partial charge < -0.3 is 10.6 Å². The molecule has 0 aromatic heterocycles. The molecule has 16 heavy (non-hydrogen) atoms. The largest absolute Gasteiger partial charge is 0.338 e. The van der Waals surface area contributed by atoms with Crippen molar-refractivity contribution < 1.29 is 4.79 Å². The molecule has 1 heterocycles. The molecule has 0 spiro atoms. The third-order valence-electron chi connectivity index (χ3n) is 3.48. The highest BCUT2D eigenvalue weighted by atomic mass is 16.2. The molecule has 1 aromatic rings. The first-order valence-electron chi connectivity index (χ1n) is 5.78. The van der Waals surface area contributed by atoms with Crippen molar-refractivity contribution in [2.45, 2.75) is 25.3 Å². The molecule has 1 fully saturated rings. The molecule has 1 saturated heterocycles. The van der Waals surface area contributed by atoms with E-state index in [4.69, 9.17) is 5.73 Å². The van der Waals surface area contributed by atoms with Crippen LogP contribution >= 0.6 is 0 Å². The Morgan fingerprint density at radius 2 is 2.12 bits per heavy atom. The zero-order valence-electron chi connectivity index (χ0n) is 9.60. The maximum Gasteiger partial charge on any atom is 0.236 e. The number of carbonyl (C=O) groups is 1. The second kappa shape index (κ2) is 4.66. The van der Waals surface area contributed by atoms with Gasteiger partial charge in [-0.05, 0) is 18.9 Å². The fraction of sp³-hybridized carbons (Fsp3) is 0.462. The molecule has 2 rings (SSSR count). The lowest BCUT2D eigenvalue weighted by Gasteiger charge is -2.24. The van der Waals surface area contributed by atoms with Crippen LogP contribution in [0.3, 0.4) is 0 Å². The molecule has 86 valence electrons. The van der Waals surface area contributed by atoms with Crippen LogP contribution in [0.25, 0.3) is 0 Å². The Morgan fingerprint density at radius 1 is 1.44 bits per heavy atom. The summed E-state index contributed by atoms with van der Waals surface area (Å²) >= 11 is 0. The quantitative estimate of drug-likeness (QED) is 0.814. The maximum atomic E-state index is 11.6. The van der Waals surface area contributed by atoms with E-state index in [1.807, 2.05) is 11.0 Å². The molecule has 1 aromatic carbocycles. The molecule has 1 amide bonds. The second-order valence-electron chi connectivity index (χ2n) is 4.34. The van der Waals surface area contributed by atoms with Crippen LogP contribution in [0.4, 0.5) is 0 Å². The normalized spacial score (nSPS) is 24.8. The molecule has 2 N–H and O–H groups in total. The Balaban J connectivity index is 2.13. The van der Waals surface area contributed by atoms with Crippen LogP contribution in [0.15, 0.2) is 30.3 Å². The molecule has 2 unspecified atom stereocenters. The van der Waals surface area contributed by atoms with Crippen molar-refractivity contribution >= 4 is 5.91 Å². The van der Waals surface area contributed by atoms with E-state index in [9.17, 15) is 4.79 Å². The molecule has 0 saturated carbocycles. The molecule has 0 radical (unpaired) electrons. The lowest BCUT2D eigenvalue weighted by Crippen LogP contribution is -2.39. The highest BCUT2D eigenvalue weighted by Gasteiger charge is 2.33. The Bertz CT molecular complexity index is 363. The van der Waals surface area contributed by atoms with Gasteiger partial charge in [-0.1, -0.05) is 30.3 Å². The summed E-state index contributed by atoms with van der Waals surface area (Å²) in [6.07, 6.45) is 1.04. The van der Waals surface area contributed by atoms with Crippen molar-refractivity contribution in [2.75, 3.05) is 13.1 Å². The van der Waals surface area contributed by atoms with Crippen molar-refractivity contribution in [3.05, 3.63) is 35.9 Å². The van der Waals surface area contributed by atoms with Crippen LogP contribution in [0.1, 0.15) is 24.8 Å². The van der Waals surface area contributed by atoms with Crippen LogP contribution in [0.5, 0.6) is 0 Å². The summed E-state index contributed by atoms with van der Waals surface area (Å²) in [5.74, 6) is 0.516. The van der Waals surface area contributed by atoms with Gasteiger partial charge in [0.1, 0.15) is 0 Å². The number of amides is 1. The Hall–Kier alpha value is -1.35. The van der Waals surface area contributed by atoms with Gasteiger partial charge in [0.15, 0.2) is 0 Å². The number of benzene rings is 1. The topological polar surface area (TPSA) is 46.3 Å². The first-order chi connectivity index (χ1) is 7.74. The molecular weight excluding hydrogens is 200 g/mol. The molecule has 1 aliphatic heterocycles. The minimum atomic E-state index is 0.0610. The molecule has 0 bridgehead atoms. The predicted octanol–water partition coefficient (Wildman–Crippen LogP) is 1.35. The molecule has 0 aliphatic carbocycles. The summed E-state index contributed by atoms with van der Waals surface area (Å²) in [7, 11) is 0. The summed E-state index contributed by atoms with van der Waals surface area (Å²) in [5, 5.41) is 0. The van der Waals surface area contributed by atoms with Crippen molar-refractivity contribution in [3.63, 3.8) is 0 Å². The molecule has 2 atom stereocenters. The van der Waals surface area contributed by atoms with Gasteiger partial charge in [-0.25, -0.2) is 0 Å². The van der Waals surface area contributed by atoms with Gasteiger partial charge in [-0.3, -0.25) is 4.79 Å². The number of hydrogen-bond donors (Lipinski definition) is 1. The zero-order chi connectivity index (χ0) is 11.5. The summed E-state index contributed by atoms with van der Waals surface area (Å²) in [4.78, 5) is 13.5. The van der Waals surface area contributed by atoms with Gasteiger partial charge in [0.05, 0.1) is 6.54 Å². The van der Waals surface area contributed by atoms with E-state index in [0.29, 0.717) is 5.92 Å². The lowest BCUT2D eigenvalue weighted by molar-refractivity contribution is -0.130. The van der Waals surface area contributed by atoms with Gasteiger partial charge in [0.25, 0.3) is 0 Å². The monoisotopic (exact) mass is 218 g/mol. The van der Waals surface area contributed by atoms with E-state index in [0.717, 1.165) is 13.0 Å². The summed E-state index contributed by atoms with van der Waals surface area (Å²) in [6.45, 7) is 3.06. The lowest BCUT2D eigenvalue weighted by atomic mass is 9.93. The van der Waals surface area contributed by atoms with Crippen LogP contribution < -0.4 is 5.73 Å². The Morgan fingerprint density at radius 3 is 2.75 bits per heavy atom. The third-order valence-corrected chi connectivity index (χ3v) is 3.48. The van der Waals surface area contributed by atoms with Crippen molar-refractivity contribution in [3.8, 4) is 0 Å². The van der Waals surface area contributed by atoms with Gasteiger partial charge >= 0.3 is 0 Å². The average Bonchev–Trinajstić information content (AvgIpc) is 2.71. The van der Waals surface area contributed by atoms with E-state index in [1.165, 1.54) is 5.56 Å². The predicted molar refractivity (Wildman–Crippen MR) is 64.0 cm³/mol. The number of nitrogens with two attached hydrogens (primary N) is 1. The fourth-order valence-electron chi connectivity index (χ4n) is 2.55. The smallest absolute Gasteiger partial charge is 0.236 e. The molecule has 3 nitrogen and oxygen atoms in total. The highest BCUT2D eigenvalue weighted by Crippen LogP contribution is 2.32. The van der Waals surface area contributed by atoms with E-state index in [1.54, 1.807) is 0 Å². The maximum absolute atomic E-state index is 11.6. The van der Waals surface area contributed by atoms with Gasteiger partial charge in [-0.15, -0.1) is 0 Å². The van der Waals surface area contributed by atoms with E-state index < -0.39 is 0 Å². The molecule has 3 heteroatoms. The van der Waals surface area contributed by atoms with Gasteiger partial charge in [-0.2, -0.15) is 0 Å². The first kappa shape index (κ1) is 11.1. The van der Waals surface area contributed by atoms with Crippen molar-refractivity contribution in [1.82, 2.24) is 4.90 Å². The molecule has 1 aliphatic rings. The van der Waals surface area contributed by atoms with Gasteiger partial charge in [0, 0.05) is 18.5 Å². The summed E-state index contributed by atoms with van der Waals surface area (Å²) < 4.78 is 0. The molecular formula is C13H18N2O. The third kappa shape index (κ3) is 1.95. The van der Waals surface area contributed by atoms with Gasteiger partial charge in [0.2, 0.25) is 5.91 Å². The highest BCUT2D eigenvalue weighted by molar-refractivity contribution is 5.78. The number of nitrogens with zero attached hydrogens (tertiary/aromatic N) is 1. The van der Waals surface area contributed by atoms with E-state index in [-0.39, 0.29) is 18.5 Å². The Labute approximate surface area is 96.2 Å². The Kier molecular flexibility index (Phi) is 3.25. The second-order valence-corrected chi connectivity index (χ2v) is 4.34. The van der Waals surface area contributed by atoms with Crippen molar-refractivity contribution in [2.24, 2.45) is 5.73 Å².